The van der Waals surface area contributed by atoms with Gasteiger partial charge in [0.25, 0.3) is 5.91 Å². The summed E-state index contributed by atoms with van der Waals surface area (Å²) in [6.07, 6.45) is 4.05. The number of benzene rings is 1. The van der Waals surface area contributed by atoms with Crippen molar-refractivity contribution in [1.82, 2.24) is 14.7 Å². The van der Waals surface area contributed by atoms with Crippen molar-refractivity contribution in [3.8, 4) is 0 Å². The first-order valence-electron chi connectivity index (χ1n) is 11.4. The van der Waals surface area contributed by atoms with Crippen molar-refractivity contribution in [3.63, 3.8) is 0 Å². The second kappa shape index (κ2) is 8.40. The van der Waals surface area contributed by atoms with Gasteiger partial charge in [-0.1, -0.05) is 25.1 Å². The van der Waals surface area contributed by atoms with Crippen LogP contribution in [0.4, 0.5) is 0 Å². The number of amides is 3. The van der Waals surface area contributed by atoms with Crippen LogP contribution in [-0.4, -0.2) is 71.7 Å². The molecule has 3 amide bonds. The highest BCUT2D eigenvalue weighted by molar-refractivity contribution is 5.95. The first kappa shape index (κ1) is 20.9. The molecule has 0 radical (unpaired) electrons. The molecular weight excluding hydrogens is 378 g/mol. The molecule has 0 bridgehead atoms. The molecule has 1 atom stereocenters. The second-order valence-electron chi connectivity index (χ2n) is 9.21. The van der Waals surface area contributed by atoms with E-state index in [-0.39, 0.29) is 29.1 Å². The smallest absolute Gasteiger partial charge is 0.254 e. The van der Waals surface area contributed by atoms with Crippen molar-refractivity contribution in [2.24, 2.45) is 11.3 Å². The molecule has 6 heteroatoms. The van der Waals surface area contributed by atoms with Crippen LogP contribution in [0, 0.1) is 18.3 Å². The molecule has 1 unspecified atom stereocenters. The Balaban J connectivity index is 1.33. The highest BCUT2D eigenvalue weighted by Gasteiger charge is 2.51. The Labute approximate surface area is 179 Å². The maximum atomic E-state index is 13.2. The van der Waals surface area contributed by atoms with E-state index in [9.17, 15) is 14.4 Å². The molecule has 0 N–H and O–H groups in total. The van der Waals surface area contributed by atoms with E-state index in [1.54, 1.807) is 0 Å². The standard InChI is InChI=1S/C24H33N3O3/c1-3-12-26-15-10-24(23(26)30)11-16-27(17-24)21(28)19-8-13-25(14-9-19)22(29)20-7-5-4-6-18(20)2/h4-7,19H,3,8-17H2,1-2H3. The fourth-order valence-electron chi connectivity index (χ4n) is 5.39. The molecule has 3 saturated heterocycles. The number of piperidine rings is 1. The molecule has 3 heterocycles. The van der Waals surface area contributed by atoms with Gasteiger partial charge in [0.15, 0.2) is 0 Å². The number of hydrogen-bond donors (Lipinski definition) is 0. The Morgan fingerprint density at radius 2 is 1.73 bits per heavy atom. The Morgan fingerprint density at radius 3 is 2.43 bits per heavy atom. The summed E-state index contributed by atoms with van der Waals surface area (Å²) in [7, 11) is 0. The van der Waals surface area contributed by atoms with Crippen molar-refractivity contribution >= 4 is 17.7 Å². The lowest BCUT2D eigenvalue weighted by Crippen LogP contribution is -2.45. The minimum absolute atomic E-state index is 0.0377. The summed E-state index contributed by atoms with van der Waals surface area (Å²) in [5, 5.41) is 0. The zero-order chi connectivity index (χ0) is 21.3. The van der Waals surface area contributed by atoms with E-state index in [0.29, 0.717) is 39.0 Å². The van der Waals surface area contributed by atoms with Gasteiger partial charge < -0.3 is 14.7 Å². The van der Waals surface area contributed by atoms with E-state index in [1.807, 2.05) is 45.9 Å². The quantitative estimate of drug-likeness (QED) is 0.765. The number of nitrogens with zero attached hydrogens (tertiary/aromatic N) is 3. The van der Waals surface area contributed by atoms with Gasteiger partial charge in [0.2, 0.25) is 11.8 Å². The molecule has 3 aliphatic heterocycles. The van der Waals surface area contributed by atoms with E-state index in [1.165, 1.54) is 0 Å². The molecule has 3 aliphatic rings. The molecular formula is C24H33N3O3. The summed E-state index contributed by atoms with van der Waals surface area (Å²) in [6, 6.07) is 7.67. The van der Waals surface area contributed by atoms with Gasteiger partial charge in [-0.3, -0.25) is 14.4 Å². The van der Waals surface area contributed by atoms with Crippen LogP contribution < -0.4 is 0 Å². The van der Waals surface area contributed by atoms with Crippen molar-refractivity contribution < 1.29 is 14.4 Å². The molecule has 1 spiro atoms. The highest BCUT2D eigenvalue weighted by atomic mass is 16.2. The first-order chi connectivity index (χ1) is 14.4. The number of aryl methyl sites for hydroxylation is 1. The van der Waals surface area contributed by atoms with E-state index in [0.717, 1.165) is 43.5 Å². The third kappa shape index (κ3) is 3.72. The third-order valence-electron chi connectivity index (χ3n) is 7.27. The van der Waals surface area contributed by atoms with E-state index >= 15 is 0 Å². The maximum Gasteiger partial charge on any atom is 0.254 e. The Morgan fingerprint density at radius 1 is 1.03 bits per heavy atom. The Hall–Kier alpha value is -2.37. The average molecular weight is 412 g/mol. The minimum atomic E-state index is -0.341. The SMILES string of the molecule is CCCN1CCC2(CCN(C(=O)C3CCN(C(=O)c4ccccc4C)CC3)C2)C1=O. The fourth-order valence-corrected chi connectivity index (χ4v) is 5.39. The normalized spacial score (nSPS) is 24.9. The number of carbonyl (C=O) groups excluding carboxylic acids is 3. The summed E-state index contributed by atoms with van der Waals surface area (Å²) in [5.41, 5.74) is 1.40. The average Bonchev–Trinajstić information content (AvgIpc) is 3.33. The van der Waals surface area contributed by atoms with Gasteiger partial charge >= 0.3 is 0 Å². The predicted molar refractivity (Wildman–Crippen MR) is 115 cm³/mol. The summed E-state index contributed by atoms with van der Waals surface area (Å²) < 4.78 is 0. The molecule has 30 heavy (non-hydrogen) atoms. The molecule has 0 aliphatic carbocycles. The number of likely N-dealkylation sites (tertiary alicyclic amines) is 3. The number of hydrogen-bond acceptors (Lipinski definition) is 3. The lowest BCUT2D eigenvalue weighted by molar-refractivity contribution is -0.138. The van der Waals surface area contributed by atoms with Crippen LogP contribution in [0.25, 0.3) is 0 Å². The van der Waals surface area contributed by atoms with Gasteiger partial charge in [-0.15, -0.1) is 0 Å². The largest absolute Gasteiger partial charge is 0.342 e. The van der Waals surface area contributed by atoms with Gasteiger partial charge in [-0.2, -0.15) is 0 Å². The summed E-state index contributed by atoms with van der Waals surface area (Å²) in [6.45, 7) is 8.20. The Kier molecular flexibility index (Phi) is 5.85. The van der Waals surface area contributed by atoms with Crippen LogP contribution in [0.1, 0.15) is 54.9 Å². The van der Waals surface area contributed by atoms with E-state index in [4.69, 9.17) is 0 Å². The van der Waals surface area contributed by atoms with Crippen molar-refractivity contribution in [1.29, 1.82) is 0 Å². The number of rotatable bonds is 4. The van der Waals surface area contributed by atoms with Crippen molar-refractivity contribution in [2.75, 3.05) is 39.3 Å². The predicted octanol–water partition coefficient (Wildman–Crippen LogP) is 2.71. The summed E-state index contributed by atoms with van der Waals surface area (Å²) >= 11 is 0. The molecule has 0 saturated carbocycles. The molecule has 6 nitrogen and oxygen atoms in total. The maximum absolute atomic E-state index is 13.2. The van der Waals surface area contributed by atoms with Crippen LogP contribution in [0.2, 0.25) is 0 Å². The summed E-state index contributed by atoms with van der Waals surface area (Å²) in [4.78, 5) is 44.7. The second-order valence-corrected chi connectivity index (χ2v) is 9.21. The topological polar surface area (TPSA) is 60.9 Å². The van der Waals surface area contributed by atoms with Crippen LogP contribution in [0.5, 0.6) is 0 Å². The van der Waals surface area contributed by atoms with Gasteiger partial charge in [-0.25, -0.2) is 0 Å². The molecule has 3 fully saturated rings. The van der Waals surface area contributed by atoms with E-state index < -0.39 is 0 Å². The lowest BCUT2D eigenvalue weighted by Gasteiger charge is -2.34. The summed E-state index contributed by atoms with van der Waals surface area (Å²) in [5.74, 6) is 0.450. The number of carbonyl (C=O) groups is 3. The van der Waals surface area contributed by atoms with Crippen LogP contribution in [0.3, 0.4) is 0 Å². The van der Waals surface area contributed by atoms with Crippen LogP contribution in [-0.2, 0) is 9.59 Å². The first-order valence-corrected chi connectivity index (χ1v) is 11.4. The minimum Gasteiger partial charge on any atom is -0.342 e. The van der Waals surface area contributed by atoms with Crippen LogP contribution >= 0.6 is 0 Å². The molecule has 162 valence electrons. The van der Waals surface area contributed by atoms with E-state index in [2.05, 4.69) is 6.92 Å². The molecule has 4 rings (SSSR count). The third-order valence-corrected chi connectivity index (χ3v) is 7.27. The highest BCUT2D eigenvalue weighted by Crippen LogP contribution is 2.41. The van der Waals surface area contributed by atoms with Gasteiger partial charge in [0.1, 0.15) is 0 Å². The van der Waals surface area contributed by atoms with Crippen molar-refractivity contribution in [2.45, 2.75) is 46.0 Å². The van der Waals surface area contributed by atoms with Crippen molar-refractivity contribution in [3.05, 3.63) is 35.4 Å². The van der Waals surface area contributed by atoms with Gasteiger partial charge in [-0.05, 0) is 50.7 Å². The Bertz CT molecular complexity index is 831. The molecule has 0 aromatic heterocycles. The zero-order valence-electron chi connectivity index (χ0n) is 18.2. The van der Waals surface area contributed by atoms with Crippen LogP contribution in [0.15, 0.2) is 24.3 Å². The zero-order valence-corrected chi connectivity index (χ0v) is 18.2. The van der Waals surface area contributed by atoms with Gasteiger partial charge in [0, 0.05) is 50.7 Å². The molecule has 1 aromatic carbocycles. The fraction of sp³-hybridized carbons (Fsp3) is 0.625. The lowest BCUT2D eigenvalue weighted by atomic mass is 9.85. The molecule has 1 aromatic rings. The monoisotopic (exact) mass is 411 g/mol. The van der Waals surface area contributed by atoms with Gasteiger partial charge in [0.05, 0.1) is 5.41 Å².